The molecule has 1 unspecified atom stereocenters. The van der Waals surface area contributed by atoms with Crippen molar-refractivity contribution in [1.82, 2.24) is 0 Å². The van der Waals surface area contributed by atoms with Crippen LogP contribution < -0.4 is 0 Å². The Kier molecular flexibility index (Phi) is 9.92. The van der Waals surface area contributed by atoms with Crippen LogP contribution in [0.15, 0.2) is 0 Å². The minimum Gasteiger partial charge on any atom is -0.120 e. The number of unbranched alkanes of at least 4 members (excludes halogenated alkanes) is 5. The Bertz CT molecular complexity index is 134. The molecule has 4 heteroatoms. The summed E-state index contributed by atoms with van der Waals surface area (Å²) in [5.41, 5.74) is 0. The van der Waals surface area contributed by atoms with Crippen molar-refractivity contribution in [2.45, 2.75) is 59.4 Å². The van der Waals surface area contributed by atoms with Gasteiger partial charge in [-0.05, 0) is 6.42 Å². The van der Waals surface area contributed by atoms with Crippen LogP contribution in [-0.2, 0) is 0 Å². The zero-order valence-corrected chi connectivity index (χ0v) is 14.1. The normalized spacial score (nSPS) is 14.4. The third kappa shape index (κ3) is 8.99. The zero-order valence-electron chi connectivity index (χ0n) is 8.54. The fraction of sp³-hybridized carbons (Fsp3) is 1.00. The molecular formula is C10H18Br3Cl. The molecule has 0 aromatic carbocycles. The van der Waals surface area contributed by atoms with Crippen LogP contribution in [0.5, 0.6) is 0 Å². The van der Waals surface area contributed by atoms with Gasteiger partial charge in [0.25, 0.3) is 0 Å². The van der Waals surface area contributed by atoms with E-state index in [4.69, 9.17) is 11.6 Å². The molecule has 0 N–H and O–H groups in total. The molecule has 0 rings (SSSR count). The molecule has 0 aliphatic rings. The van der Waals surface area contributed by atoms with E-state index >= 15 is 0 Å². The Labute approximate surface area is 118 Å². The maximum Gasteiger partial charge on any atom is 0.151 e. The Morgan fingerprint density at radius 1 is 1.00 bits per heavy atom. The van der Waals surface area contributed by atoms with Gasteiger partial charge in [-0.1, -0.05) is 93.2 Å². The Morgan fingerprint density at radius 3 is 2.00 bits per heavy atom. The van der Waals surface area contributed by atoms with Crippen LogP contribution in [0.2, 0.25) is 0 Å². The van der Waals surface area contributed by atoms with Crippen molar-refractivity contribution in [3.63, 3.8) is 0 Å². The molecule has 1 atom stereocenters. The smallest absolute Gasteiger partial charge is 0.120 e. The molecule has 0 saturated carbocycles. The van der Waals surface area contributed by atoms with E-state index in [9.17, 15) is 0 Å². The van der Waals surface area contributed by atoms with Gasteiger partial charge in [-0.3, -0.25) is 0 Å². The number of halogens is 4. The van der Waals surface area contributed by atoms with Gasteiger partial charge in [0, 0.05) is 0 Å². The maximum absolute atomic E-state index is 6.16. The van der Waals surface area contributed by atoms with Crippen molar-refractivity contribution in [3.05, 3.63) is 0 Å². The highest BCUT2D eigenvalue weighted by molar-refractivity contribution is 9.39. The van der Waals surface area contributed by atoms with Gasteiger partial charge in [0.05, 0.1) is 5.38 Å². The summed E-state index contributed by atoms with van der Waals surface area (Å²) in [6.07, 6.45) is 8.93. The lowest BCUT2D eigenvalue weighted by molar-refractivity contribution is 0.585. The van der Waals surface area contributed by atoms with E-state index in [1.807, 2.05) is 0 Å². The van der Waals surface area contributed by atoms with Gasteiger partial charge in [-0.2, -0.15) is 0 Å². The van der Waals surface area contributed by atoms with Crippen molar-refractivity contribution >= 4 is 59.4 Å². The summed E-state index contributed by atoms with van der Waals surface area (Å²) in [5, 5.41) is 0.0914. The van der Waals surface area contributed by atoms with E-state index < -0.39 is 0 Å². The lowest BCUT2D eigenvalue weighted by Crippen LogP contribution is -2.17. The molecule has 0 saturated heterocycles. The standard InChI is InChI=1S/C10H18Br3Cl/c1-2-3-4-5-6-7-8-9(14)10(11,12)13/h9H,2-8H2,1H3. The van der Waals surface area contributed by atoms with Crippen LogP contribution in [0.25, 0.3) is 0 Å². The first kappa shape index (κ1) is 15.7. The molecule has 0 spiro atoms. The van der Waals surface area contributed by atoms with E-state index in [1.54, 1.807) is 0 Å². The van der Waals surface area contributed by atoms with Gasteiger partial charge in [0.1, 0.15) is 0 Å². The monoisotopic (exact) mass is 410 g/mol. The molecule has 14 heavy (non-hydrogen) atoms. The van der Waals surface area contributed by atoms with E-state index in [0.29, 0.717) is 0 Å². The van der Waals surface area contributed by atoms with Crippen molar-refractivity contribution in [2.75, 3.05) is 0 Å². The van der Waals surface area contributed by atoms with Crippen molar-refractivity contribution < 1.29 is 0 Å². The number of hydrogen-bond donors (Lipinski definition) is 0. The minimum absolute atomic E-state index is 0.0914. The van der Waals surface area contributed by atoms with Gasteiger partial charge in [0.2, 0.25) is 0 Å². The van der Waals surface area contributed by atoms with E-state index in [2.05, 4.69) is 54.7 Å². The maximum atomic E-state index is 6.16. The topological polar surface area (TPSA) is 0 Å². The van der Waals surface area contributed by atoms with Crippen LogP contribution in [0.3, 0.4) is 0 Å². The second-order valence-corrected chi connectivity index (χ2v) is 11.0. The fourth-order valence-electron chi connectivity index (χ4n) is 1.27. The number of alkyl halides is 4. The summed E-state index contributed by atoms with van der Waals surface area (Å²) in [5.74, 6) is 0. The lowest BCUT2D eigenvalue weighted by atomic mass is 10.1. The molecule has 0 amide bonds. The minimum atomic E-state index is -0.294. The second kappa shape index (κ2) is 8.83. The van der Waals surface area contributed by atoms with Gasteiger partial charge >= 0.3 is 0 Å². The molecule has 0 bridgehead atoms. The third-order valence-corrected chi connectivity index (χ3v) is 5.16. The number of rotatable bonds is 7. The summed E-state index contributed by atoms with van der Waals surface area (Å²) in [6, 6.07) is 0. The molecule has 0 nitrogen and oxygen atoms in total. The lowest BCUT2D eigenvalue weighted by Gasteiger charge is -2.18. The first-order chi connectivity index (χ1) is 6.48. The van der Waals surface area contributed by atoms with Crippen molar-refractivity contribution in [2.24, 2.45) is 0 Å². The SMILES string of the molecule is CCCCCCCCC(Cl)C(Br)(Br)Br. The molecular weight excluding hydrogens is 395 g/mol. The molecule has 0 aliphatic heterocycles. The number of hydrogen-bond acceptors (Lipinski definition) is 0. The highest BCUT2D eigenvalue weighted by Gasteiger charge is 2.27. The van der Waals surface area contributed by atoms with E-state index in [-0.39, 0.29) is 7.52 Å². The Morgan fingerprint density at radius 2 is 1.50 bits per heavy atom. The van der Waals surface area contributed by atoms with Gasteiger partial charge in [-0.15, -0.1) is 11.6 Å². The third-order valence-electron chi connectivity index (χ3n) is 2.17. The summed E-state index contributed by atoms with van der Waals surface area (Å²) in [6.45, 7) is 2.24. The van der Waals surface area contributed by atoms with Crippen LogP contribution in [0.4, 0.5) is 0 Å². The fourth-order valence-corrected chi connectivity index (χ4v) is 2.11. The predicted octanol–water partition coefficient (Wildman–Crippen LogP) is 6.18. The average Bonchev–Trinajstić information content (AvgIpc) is 2.09. The first-order valence-electron chi connectivity index (χ1n) is 5.19. The summed E-state index contributed by atoms with van der Waals surface area (Å²) in [4.78, 5) is 0. The molecule has 86 valence electrons. The summed E-state index contributed by atoms with van der Waals surface area (Å²) < 4.78 is -0.294. The van der Waals surface area contributed by atoms with Crippen LogP contribution >= 0.6 is 59.4 Å². The molecule has 0 fully saturated rings. The molecule has 0 aromatic rings. The molecule has 0 heterocycles. The molecule has 0 aromatic heterocycles. The Hall–Kier alpha value is 1.73. The highest BCUT2D eigenvalue weighted by Crippen LogP contribution is 2.42. The molecule has 0 radical (unpaired) electrons. The average molecular weight is 413 g/mol. The zero-order chi connectivity index (χ0) is 11.0. The first-order valence-corrected chi connectivity index (χ1v) is 8.00. The highest BCUT2D eigenvalue weighted by atomic mass is 80.0. The van der Waals surface area contributed by atoms with Crippen LogP contribution in [0, 0.1) is 0 Å². The van der Waals surface area contributed by atoms with Gasteiger partial charge < -0.3 is 0 Å². The van der Waals surface area contributed by atoms with E-state index in [1.165, 1.54) is 38.5 Å². The van der Waals surface area contributed by atoms with Crippen LogP contribution in [0.1, 0.15) is 51.9 Å². The van der Waals surface area contributed by atoms with Gasteiger partial charge in [-0.25, -0.2) is 0 Å². The largest absolute Gasteiger partial charge is 0.151 e. The van der Waals surface area contributed by atoms with Crippen molar-refractivity contribution in [1.29, 1.82) is 0 Å². The quantitative estimate of drug-likeness (QED) is 0.345. The second-order valence-electron chi connectivity index (χ2n) is 3.57. The van der Waals surface area contributed by atoms with Crippen LogP contribution in [-0.4, -0.2) is 7.52 Å². The summed E-state index contributed by atoms with van der Waals surface area (Å²) >= 11 is 16.5. The molecule has 0 aliphatic carbocycles. The van der Waals surface area contributed by atoms with Gasteiger partial charge in [0.15, 0.2) is 2.14 Å². The predicted molar refractivity (Wildman–Crippen MR) is 77.1 cm³/mol. The Balaban J connectivity index is 3.28. The van der Waals surface area contributed by atoms with Crippen molar-refractivity contribution in [3.8, 4) is 0 Å². The summed E-state index contributed by atoms with van der Waals surface area (Å²) in [7, 11) is 0. The van der Waals surface area contributed by atoms with E-state index in [0.717, 1.165) is 6.42 Å².